The van der Waals surface area contributed by atoms with E-state index in [0.717, 1.165) is 0 Å². The fourth-order valence-corrected chi connectivity index (χ4v) is 0.296. The molecule has 0 aliphatic heterocycles. The molecule has 0 aliphatic carbocycles. The fraction of sp³-hybridized carbons (Fsp3) is 0.800. The Kier molecular flexibility index (Phi) is 3.96. The van der Waals surface area contributed by atoms with Gasteiger partial charge < -0.3 is 4.74 Å². The number of carbonyl (C=O) groups is 1. The number of rotatable bonds is 3. The summed E-state index contributed by atoms with van der Waals surface area (Å²) in [6.07, 6.45) is -1.11. The van der Waals surface area contributed by atoms with E-state index >= 15 is 0 Å². The molecule has 0 aromatic carbocycles. The van der Waals surface area contributed by atoms with Crippen LogP contribution in [0.3, 0.4) is 0 Å². The highest BCUT2D eigenvalue weighted by Gasteiger charge is 2.13. The molecular weight excluding hydrogens is 127 g/mol. The molecule has 0 saturated heterocycles. The third kappa shape index (κ3) is 3.03. The average Bonchev–Trinajstić information content (AvgIpc) is 1.87. The summed E-state index contributed by atoms with van der Waals surface area (Å²) in [5.41, 5.74) is 0. The molecule has 1 unspecified atom stereocenters. The first kappa shape index (κ1) is 8.36. The fourth-order valence-electron chi connectivity index (χ4n) is 0.296. The van der Waals surface area contributed by atoms with Crippen molar-refractivity contribution in [2.45, 2.75) is 20.0 Å². The molecule has 0 fully saturated rings. The summed E-state index contributed by atoms with van der Waals surface area (Å²) < 4.78 is 15.6. The molecule has 0 amide bonds. The van der Waals surface area contributed by atoms with Crippen molar-refractivity contribution < 1.29 is 19.0 Å². The first-order valence-electron chi connectivity index (χ1n) is 2.66. The molecule has 4 heteroatoms. The van der Waals surface area contributed by atoms with E-state index in [1.807, 2.05) is 0 Å². The normalized spacial score (nSPS) is 12.8. The molecule has 0 radical (unpaired) electrons. The second-order valence-corrected chi connectivity index (χ2v) is 1.48. The van der Waals surface area contributed by atoms with E-state index in [1.54, 1.807) is 6.92 Å². The van der Waals surface area contributed by atoms with Crippen molar-refractivity contribution in [1.29, 1.82) is 0 Å². The van der Waals surface area contributed by atoms with Gasteiger partial charge in [0, 0.05) is 0 Å². The van der Waals surface area contributed by atoms with E-state index in [9.17, 15) is 9.32 Å². The molecule has 0 bridgehead atoms. The Morgan fingerprint density at radius 1 is 1.78 bits per heavy atom. The first-order chi connectivity index (χ1) is 4.22. The van der Waals surface area contributed by atoms with Crippen LogP contribution < -0.4 is 0 Å². The van der Waals surface area contributed by atoms with Gasteiger partial charge in [-0.1, -0.05) is 0 Å². The zero-order valence-electron chi connectivity index (χ0n) is 5.39. The predicted molar refractivity (Wildman–Crippen MR) is 28.3 cm³/mol. The van der Waals surface area contributed by atoms with E-state index in [2.05, 4.69) is 9.68 Å². The Labute approximate surface area is 52.7 Å². The quantitative estimate of drug-likeness (QED) is 0.539. The van der Waals surface area contributed by atoms with Crippen molar-refractivity contribution in [3.8, 4) is 0 Å². The second-order valence-electron chi connectivity index (χ2n) is 1.48. The van der Waals surface area contributed by atoms with Crippen LogP contribution in [0.5, 0.6) is 0 Å². The van der Waals surface area contributed by atoms with Crippen molar-refractivity contribution in [2.75, 3.05) is 6.61 Å². The topological polar surface area (TPSA) is 35.5 Å². The van der Waals surface area contributed by atoms with Gasteiger partial charge in [0.15, 0.2) is 6.10 Å². The van der Waals surface area contributed by atoms with Crippen LogP contribution in [0.4, 0.5) is 4.53 Å². The van der Waals surface area contributed by atoms with Crippen LogP contribution in [0.2, 0.25) is 0 Å². The number of ether oxygens (including phenoxy) is 1. The standard InChI is InChI=1S/C5H9FO3/c1-3-8-5(7)4(2)9-6/h4H,3H2,1-2H3. The minimum Gasteiger partial charge on any atom is -0.464 e. The summed E-state index contributed by atoms with van der Waals surface area (Å²) in [6, 6.07) is 0. The van der Waals surface area contributed by atoms with E-state index in [4.69, 9.17) is 0 Å². The monoisotopic (exact) mass is 136 g/mol. The van der Waals surface area contributed by atoms with Gasteiger partial charge in [-0.3, -0.25) is 0 Å². The Hall–Kier alpha value is -0.640. The SMILES string of the molecule is CCOC(=O)C(C)OF. The lowest BCUT2D eigenvalue weighted by atomic mass is 10.4. The molecule has 0 saturated carbocycles. The largest absolute Gasteiger partial charge is 0.464 e. The van der Waals surface area contributed by atoms with E-state index in [1.165, 1.54) is 6.92 Å². The molecule has 3 nitrogen and oxygen atoms in total. The molecule has 54 valence electrons. The molecular formula is C5H9FO3. The van der Waals surface area contributed by atoms with E-state index in [0.29, 0.717) is 0 Å². The first-order valence-corrected chi connectivity index (χ1v) is 2.66. The minimum absolute atomic E-state index is 0.243. The predicted octanol–water partition coefficient (Wildman–Crippen LogP) is 0.839. The third-order valence-electron chi connectivity index (χ3n) is 0.752. The maximum absolute atomic E-state index is 11.2. The van der Waals surface area contributed by atoms with Crippen LogP contribution >= 0.6 is 0 Å². The second kappa shape index (κ2) is 4.26. The Morgan fingerprint density at radius 2 is 2.33 bits per heavy atom. The van der Waals surface area contributed by atoms with Gasteiger partial charge in [-0.2, -0.15) is 4.94 Å². The smallest absolute Gasteiger partial charge is 0.338 e. The molecule has 1 atom stereocenters. The lowest BCUT2D eigenvalue weighted by Gasteiger charge is -2.03. The Morgan fingerprint density at radius 3 is 2.67 bits per heavy atom. The minimum atomic E-state index is -1.11. The summed E-state index contributed by atoms with van der Waals surface area (Å²) in [5, 5.41) is 0. The molecule has 0 aromatic rings. The molecule has 0 aliphatic rings. The van der Waals surface area contributed by atoms with Gasteiger partial charge in [0.2, 0.25) is 0 Å². The van der Waals surface area contributed by atoms with Crippen molar-refractivity contribution in [1.82, 2.24) is 0 Å². The van der Waals surface area contributed by atoms with E-state index < -0.39 is 12.1 Å². The molecule has 0 N–H and O–H groups in total. The molecule has 0 rings (SSSR count). The molecule has 0 heterocycles. The number of esters is 1. The van der Waals surface area contributed by atoms with Crippen molar-refractivity contribution >= 4 is 5.97 Å². The third-order valence-corrected chi connectivity index (χ3v) is 0.752. The molecule has 0 aromatic heterocycles. The summed E-state index contributed by atoms with van der Waals surface area (Å²) in [7, 11) is 0. The van der Waals surface area contributed by atoms with Gasteiger partial charge in [0.05, 0.1) is 6.61 Å². The number of hydrogen-bond acceptors (Lipinski definition) is 3. The summed E-state index contributed by atoms with van der Waals surface area (Å²) in [6.45, 7) is 3.16. The lowest BCUT2D eigenvalue weighted by molar-refractivity contribution is -0.198. The van der Waals surface area contributed by atoms with Crippen LogP contribution in [0.25, 0.3) is 0 Å². The zero-order chi connectivity index (χ0) is 7.28. The summed E-state index contributed by atoms with van der Waals surface area (Å²) in [5.74, 6) is -0.681. The highest BCUT2D eigenvalue weighted by Crippen LogP contribution is 1.93. The van der Waals surface area contributed by atoms with Crippen LogP contribution in [-0.4, -0.2) is 18.7 Å². The van der Waals surface area contributed by atoms with Gasteiger partial charge >= 0.3 is 5.97 Å². The molecule has 9 heavy (non-hydrogen) atoms. The maximum atomic E-state index is 11.2. The number of carbonyl (C=O) groups excluding carboxylic acids is 1. The van der Waals surface area contributed by atoms with Crippen LogP contribution in [-0.2, 0) is 14.5 Å². The van der Waals surface area contributed by atoms with Crippen molar-refractivity contribution in [2.24, 2.45) is 0 Å². The lowest BCUT2D eigenvalue weighted by Crippen LogP contribution is -2.20. The van der Waals surface area contributed by atoms with Crippen LogP contribution in [0, 0.1) is 0 Å². The van der Waals surface area contributed by atoms with Crippen molar-refractivity contribution in [3.05, 3.63) is 0 Å². The van der Waals surface area contributed by atoms with Gasteiger partial charge in [0.1, 0.15) is 0 Å². The highest BCUT2D eigenvalue weighted by molar-refractivity contribution is 5.73. The Bertz CT molecular complexity index is 94.2. The highest BCUT2D eigenvalue weighted by atomic mass is 19.3. The van der Waals surface area contributed by atoms with E-state index in [-0.39, 0.29) is 6.61 Å². The summed E-state index contributed by atoms with van der Waals surface area (Å²) in [4.78, 5) is 13.6. The number of hydrogen-bond donors (Lipinski definition) is 0. The summed E-state index contributed by atoms with van der Waals surface area (Å²) >= 11 is 0. The zero-order valence-corrected chi connectivity index (χ0v) is 5.39. The van der Waals surface area contributed by atoms with Gasteiger partial charge in [-0.05, 0) is 18.4 Å². The Balaban J connectivity index is 3.46. The van der Waals surface area contributed by atoms with Gasteiger partial charge in [-0.25, -0.2) is 4.79 Å². The van der Waals surface area contributed by atoms with Crippen molar-refractivity contribution in [3.63, 3.8) is 0 Å². The van der Waals surface area contributed by atoms with Gasteiger partial charge in [-0.15, -0.1) is 0 Å². The van der Waals surface area contributed by atoms with Crippen LogP contribution in [0.1, 0.15) is 13.8 Å². The molecule has 0 spiro atoms. The van der Waals surface area contributed by atoms with Crippen LogP contribution in [0.15, 0.2) is 0 Å². The number of halogens is 1. The van der Waals surface area contributed by atoms with Gasteiger partial charge in [0.25, 0.3) is 0 Å². The average molecular weight is 136 g/mol. The maximum Gasteiger partial charge on any atom is 0.338 e.